The lowest BCUT2D eigenvalue weighted by Crippen LogP contribution is -2.27. The van der Waals surface area contributed by atoms with Gasteiger partial charge in [0.15, 0.2) is 6.10 Å². The molecule has 0 spiro atoms. The number of hydrogen-bond donors (Lipinski definition) is 2. The van der Waals surface area contributed by atoms with E-state index in [4.69, 9.17) is 14.6 Å². The van der Waals surface area contributed by atoms with Gasteiger partial charge in [0.05, 0.1) is 13.2 Å². The first-order valence-corrected chi connectivity index (χ1v) is 3.88. The largest absolute Gasteiger partial charge is 0.479 e. The second-order valence-corrected chi connectivity index (χ2v) is 2.72. The van der Waals surface area contributed by atoms with Gasteiger partial charge in [-0.3, -0.25) is 0 Å². The number of ether oxygens (including phenoxy) is 2. The quantitative estimate of drug-likeness (QED) is 0.627. The van der Waals surface area contributed by atoms with Crippen LogP contribution in [0.25, 0.3) is 0 Å². The van der Waals surface area contributed by atoms with Crippen molar-refractivity contribution in [2.75, 3.05) is 13.2 Å². The highest BCUT2D eigenvalue weighted by atomic mass is 16.6. The first-order chi connectivity index (χ1) is 6.09. The number of carboxylic acids is 1. The van der Waals surface area contributed by atoms with Crippen LogP contribution < -0.4 is 5.32 Å². The first kappa shape index (κ1) is 9.79. The van der Waals surface area contributed by atoms with Gasteiger partial charge in [0.25, 0.3) is 0 Å². The van der Waals surface area contributed by atoms with Gasteiger partial charge in [-0.15, -0.1) is 0 Å². The van der Waals surface area contributed by atoms with Gasteiger partial charge >= 0.3 is 12.1 Å². The smallest absolute Gasteiger partial charge is 0.407 e. The molecule has 74 valence electrons. The average Bonchev–Trinajstić information content (AvgIpc) is 2.47. The van der Waals surface area contributed by atoms with Crippen molar-refractivity contribution in [3.63, 3.8) is 0 Å². The van der Waals surface area contributed by atoms with Crippen LogP contribution in [0.15, 0.2) is 0 Å². The van der Waals surface area contributed by atoms with E-state index in [1.54, 1.807) is 0 Å². The Kier molecular flexibility index (Phi) is 3.07. The Morgan fingerprint density at radius 3 is 3.08 bits per heavy atom. The molecule has 0 bridgehead atoms. The van der Waals surface area contributed by atoms with Gasteiger partial charge in [-0.25, -0.2) is 9.59 Å². The van der Waals surface area contributed by atoms with Crippen LogP contribution in [0.1, 0.15) is 6.92 Å². The zero-order valence-electron chi connectivity index (χ0n) is 7.15. The molecule has 1 saturated heterocycles. The molecule has 6 nitrogen and oxygen atoms in total. The van der Waals surface area contributed by atoms with Gasteiger partial charge in [0, 0.05) is 0 Å². The number of amides is 1. The predicted molar refractivity (Wildman–Crippen MR) is 41.3 cm³/mol. The molecule has 0 aliphatic carbocycles. The third-order valence-electron chi connectivity index (χ3n) is 1.63. The van der Waals surface area contributed by atoms with Crippen molar-refractivity contribution in [3.05, 3.63) is 0 Å². The molecular weight excluding hydrogens is 178 g/mol. The number of hydrogen-bond acceptors (Lipinski definition) is 4. The molecule has 1 aliphatic rings. The minimum absolute atomic E-state index is 0.103. The van der Waals surface area contributed by atoms with Crippen LogP contribution in [0, 0.1) is 0 Å². The average molecular weight is 189 g/mol. The van der Waals surface area contributed by atoms with Crippen molar-refractivity contribution >= 4 is 12.1 Å². The van der Waals surface area contributed by atoms with Crippen LogP contribution in [-0.4, -0.2) is 42.5 Å². The molecule has 1 aliphatic heterocycles. The van der Waals surface area contributed by atoms with Gasteiger partial charge in [0.2, 0.25) is 0 Å². The Labute approximate surface area is 74.8 Å². The number of carbonyl (C=O) groups is 2. The highest BCUT2D eigenvalue weighted by Gasteiger charge is 2.24. The van der Waals surface area contributed by atoms with Crippen molar-refractivity contribution in [1.29, 1.82) is 0 Å². The topological polar surface area (TPSA) is 84.9 Å². The van der Waals surface area contributed by atoms with Gasteiger partial charge in [0.1, 0.15) is 6.10 Å². The molecule has 1 unspecified atom stereocenters. The van der Waals surface area contributed by atoms with Gasteiger partial charge in [-0.05, 0) is 6.92 Å². The van der Waals surface area contributed by atoms with Crippen molar-refractivity contribution in [2.45, 2.75) is 19.1 Å². The lowest BCUT2D eigenvalue weighted by atomic mass is 10.3. The third-order valence-corrected chi connectivity index (χ3v) is 1.63. The Morgan fingerprint density at radius 2 is 2.62 bits per heavy atom. The molecule has 0 radical (unpaired) electrons. The molecule has 1 rings (SSSR count). The second-order valence-electron chi connectivity index (χ2n) is 2.72. The Bertz CT molecular complexity index is 217. The maximum absolute atomic E-state index is 10.5. The number of alkyl carbamates (subject to hydrolysis) is 1. The highest BCUT2D eigenvalue weighted by molar-refractivity contribution is 5.71. The zero-order valence-corrected chi connectivity index (χ0v) is 7.15. The van der Waals surface area contributed by atoms with Gasteiger partial charge < -0.3 is 19.9 Å². The van der Waals surface area contributed by atoms with E-state index in [0.717, 1.165) is 0 Å². The third kappa shape index (κ3) is 2.90. The molecule has 1 heterocycles. The fraction of sp³-hybridized carbons (Fsp3) is 0.714. The summed E-state index contributed by atoms with van der Waals surface area (Å²) in [5.74, 6) is -1.03. The number of carboxylic acid groups (broad SMARTS) is 1. The van der Waals surface area contributed by atoms with Crippen LogP contribution >= 0.6 is 0 Å². The summed E-state index contributed by atoms with van der Waals surface area (Å²) in [4.78, 5) is 20.8. The Balaban J connectivity index is 2.19. The molecule has 1 fully saturated rings. The number of carbonyl (C=O) groups excluding carboxylic acids is 1. The lowest BCUT2D eigenvalue weighted by Gasteiger charge is -2.11. The molecule has 0 aromatic heterocycles. The summed E-state index contributed by atoms with van der Waals surface area (Å²) in [5.41, 5.74) is 0. The molecule has 2 N–H and O–H groups in total. The maximum atomic E-state index is 10.5. The van der Waals surface area contributed by atoms with E-state index in [1.807, 2.05) is 0 Å². The summed E-state index contributed by atoms with van der Waals surface area (Å²) < 4.78 is 9.64. The number of rotatable bonds is 4. The van der Waals surface area contributed by atoms with Crippen molar-refractivity contribution in [3.8, 4) is 0 Å². The predicted octanol–water partition coefficient (Wildman–Crippen LogP) is -0.416. The van der Waals surface area contributed by atoms with E-state index in [-0.39, 0.29) is 12.7 Å². The standard InChI is InChI=1S/C7H11NO5/c1-4(6(9)10)12-3-5-2-8-7(11)13-5/h4-5H,2-3H2,1H3,(H,8,11)(H,9,10)/t4-,5?/m1/s1. The molecule has 6 heteroatoms. The van der Waals surface area contributed by atoms with E-state index < -0.39 is 18.2 Å². The van der Waals surface area contributed by atoms with Gasteiger partial charge in [-0.1, -0.05) is 0 Å². The SMILES string of the molecule is C[C@@H](OCC1CNC(=O)O1)C(=O)O. The molecule has 13 heavy (non-hydrogen) atoms. The van der Waals surface area contributed by atoms with E-state index in [9.17, 15) is 9.59 Å². The number of cyclic esters (lactones) is 1. The van der Waals surface area contributed by atoms with E-state index >= 15 is 0 Å². The molecule has 0 aromatic rings. The summed E-state index contributed by atoms with van der Waals surface area (Å²) in [5, 5.41) is 10.9. The van der Waals surface area contributed by atoms with Crippen LogP contribution in [0.5, 0.6) is 0 Å². The first-order valence-electron chi connectivity index (χ1n) is 3.88. The Morgan fingerprint density at radius 1 is 1.92 bits per heavy atom. The fourth-order valence-corrected chi connectivity index (χ4v) is 0.848. The maximum Gasteiger partial charge on any atom is 0.407 e. The summed E-state index contributed by atoms with van der Waals surface area (Å²) >= 11 is 0. The number of aliphatic carboxylic acids is 1. The van der Waals surface area contributed by atoms with E-state index in [2.05, 4.69) is 5.32 Å². The van der Waals surface area contributed by atoms with E-state index in [1.165, 1.54) is 6.92 Å². The number of nitrogens with one attached hydrogen (secondary N) is 1. The fourth-order valence-electron chi connectivity index (χ4n) is 0.848. The minimum atomic E-state index is -1.03. The minimum Gasteiger partial charge on any atom is -0.479 e. The zero-order chi connectivity index (χ0) is 9.84. The normalized spacial score (nSPS) is 23.5. The molecule has 1 amide bonds. The Hall–Kier alpha value is -1.30. The summed E-state index contributed by atoms with van der Waals surface area (Å²) in [6.45, 7) is 1.89. The second kappa shape index (κ2) is 4.08. The lowest BCUT2D eigenvalue weighted by molar-refractivity contribution is -0.150. The van der Waals surface area contributed by atoms with Crippen LogP contribution in [-0.2, 0) is 14.3 Å². The van der Waals surface area contributed by atoms with Crippen molar-refractivity contribution in [1.82, 2.24) is 5.32 Å². The molecule has 0 aromatic carbocycles. The van der Waals surface area contributed by atoms with Crippen LogP contribution in [0.4, 0.5) is 4.79 Å². The van der Waals surface area contributed by atoms with Crippen molar-refractivity contribution in [2.24, 2.45) is 0 Å². The van der Waals surface area contributed by atoms with Crippen LogP contribution in [0.2, 0.25) is 0 Å². The molecule has 2 atom stereocenters. The highest BCUT2D eigenvalue weighted by Crippen LogP contribution is 2.02. The van der Waals surface area contributed by atoms with Crippen molar-refractivity contribution < 1.29 is 24.2 Å². The van der Waals surface area contributed by atoms with Gasteiger partial charge in [-0.2, -0.15) is 0 Å². The summed E-state index contributed by atoms with van der Waals surface area (Å²) in [7, 11) is 0. The summed E-state index contributed by atoms with van der Waals surface area (Å²) in [6.07, 6.45) is -1.75. The molecule has 0 saturated carbocycles. The molecular formula is C7H11NO5. The van der Waals surface area contributed by atoms with E-state index in [0.29, 0.717) is 6.54 Å². The van der Waals surface area contributed by atoms with Crippen LogP contribution in [0.3, 0.4) is 0 Å². The monoisotopic (exact) mass is 189 g/mol. The summed E-state index contributed by atoms with van der Waals surface area (Å²) in [6, 6.07) is 0.